The number of nitrogens with one attached hydrogen (secondary N) is 1. The van der Waals surface area contributed by atoms with E-state index in [1.807, 2.05) is 30.1 Å². The summed E-state index contributed by atoms with van der Waals surface area (Å²) >= 11 is 0. The minimum absolute atomic E-state index is 0.0606. The molecular formula is C11H15N5. The number of hydrogen-bond donors (Lipinski definition) is 1. The summed E-state index contributed by atoms with van der Waals surface area (Å²) < 4.78 is 1.96. The van der Waals surface area contributed by atoms with Crippen LogP contribution in [0.2, 0.25) is 0 Å². The van der Waals surface area contributed by atoms with Gasteiger partial charge in [-0.25, -0.2) is 9.97 Å². The van der Waals surface area contributed by atoms with E-state index in [-0.39, 0.29) is 6.04 Å². The highest BCUT2D eigenvalue weighted by Gasteiger charge is 2.16. The molecule has 84 valence electrons. The molecule has 1 atom stereocenters. The summed E-state index contributed by atoms with van der Waals surface area (Å²) in [7, 11) is 1.92. The quantitative estimate of drug-likeness (QED) is 0.830. The molecule has 0 aliphatic heterocycles. The van der Waals surface area contributed by atoms with Crippen molar-refractivity contribution in [2.24, 2.45) is 0 Å². The molecule has 2 aromatic rings. The van der Waals surface area contributed by atoms with Crippen LogP contribution < -0.4 is 5.32 Å². The van der Waals surface area contributed by atoms with Gasteiger partial charge in [-0.15, -0.1) is 0 Å². The van der Waals surface area contributed by atoms with E-state index in [2.05, 4.69) is 27.3 Å². The van der Waals surface area contributed by atoms with Gasteiger partial charge in [0.05, 0.1) is 17.4 Å². The highest BCUT2D eigenvalue weighted by atomic mass is 15.3. The third-order valence-corrected chi connectivity index (χ3v) is 2.53. The van der Waals surface area contributed by atoms with Crippen LogP contribution in [0.3, 0.4) is 0 Å². The van der Waals surface area contributed by atoms with Gasteiger partial charge in [0.25, 0.3) is 0 Å². The molecule has 0 saturated carbocycles. The number of hydrogen-bond acceptors (Lipinski definition) is 4. The first kappa shape index (κ1) is 10.8. The van der Waals surface area contributed by atoms with Gasteiger partial charge in [-0.1, -0.05) is 0 Å². The Labute approximate surface area is 94.5 Å². The van der Waals surface area contributed by atoms with E-state index in [0.717, 1.165) is 17.9 Å². The molecule has 0 bridgehead atoms. The fourth-order valence-corrected chi connectivity index (χ4v) is 1.77. The maximum absolute atomic E-state index is 4.27. The first-order valence-corrected chi connectivity index (χ1v) is 5.31. The average molecular weight is 217 g/mol. The van der Waals surface area contributed by atoms with Gasteiger partial charge in [-0.3, -0.25) is 4.68 Å². The summed E-state index contributed by atoms with van der Waals surface area (Å²) in [5.41, 5.74) is 2.07. The zero-order valence-corrected chi connectivity index (χ0v) is 9.46. The van der Waals surface area contributed by atoms with Crippen molar-refractivity contribution in [3.8, 4) is 0 Å². The molecule has 0 aliphatic carbocycles. The van der Waals surface area contributed by atoms with E-state index in [9.17, 15) is 0 Å². The summed E-state index contributed by atoms with van der Waals surface area (Å²) in [4.78, 5) is 8.19. The van der Waals surface area contributed by atoms with Gasteiger partial charge in [-0.05, 0) is 26.1 Å². The van der Waals surface area contributed by atoms with Gasteiger partial charge >= 0.3 is 0 Å². The van der Waals surface area contributed by atoms with E-state index >= 15 is 0 Å². The Hall–Kier alpha value is -1.75. The molecule has 0 spiro atoms. The van der Waals surface area contributed by atoms with Gasteiger partial charge in [0.15, 0.2) is 0 Å². The Kier molecular flexibility index (Phi) is 3.26. The van der Waals surface area contributed by atoms with E-state index in [4.69, 9.17) is 0 Å². The van der Waals surface area contributed by atoms with E-state index in [1.54, 1.807) is 12.5 Å². The van der Waals surface area contributed by atoms with E-state index in [1.165, 1.54) is 0 Å². The molecule has 0 aromatic carbocycles. The van der Waals surface area contributed by atoms with Gasteiger partial charge < -0.3 is 5.32 Å². The normalized spacial score (nSPS) is 12.6. The minimum Gasteiger partial charge on any atom is -0.307 e. The van der Waals surface area contributed by atoms with Crippen LogP contribution in [0.5, 0.6) is 0 Å². The molecular weight excluding hydrogens is 202 g/mol. The number of aromatic nitrogens is 4. The zero-order chi connectivity index (χ0) is 11.4. The predicted octanol–water partition coefficient (Wildman–Crippen LogP) is 1.00. The summed E-state index contributed by atoms with van der Waals surface area (Å²) in [6.45, 7) is 2.93. The van der Waals surface area contributed by atoms with Gasteiger partial charge in [0.1, 0.15) is 6.33 Å². The minimum atomic E-state index is 0.0606. The Bertz CT molecular complexity index is 437. The monoisotopic (exact) mass is 217 g/mol. The number of rotatable bonds is 4. The van der Waals surface area contributed by atoms with Crippen LogP contribution in [-0.4, -0.2) is 26.8 Å². The fraction of sp³-hybridized carbons (Fsp3) is 0.364. The standard InChI is InChI=1S/C11H15N5/c1-3-16-10(5-7-15-16)11(12-2)9-4-6-13-8-14-9/h4-8,11-12H,3H2,1-2H3. The lowest BCUT2D eigenvalue weighted by atomic mass is 10.1. The summed E-state index contributed by atoms with van der Waals surface area (Å²) in [6, 6.07) is 3.98. The van der Waals surface area contributed by atoms with Crippen LogP contribution in [0.4, 0.5) is 0 Å². The molecule has 0 amide bonds. The SMILES string of the molecule is CCn1nccc1C(NC)c1ccncn1. The molecule has 0 fully saturated rings. The van der Waals surface area contributed by atoms with Crippen LogP contribution in [0.25, 0.3) is 0 Å². The molecule has 2 heterocycles. The summed E-state index contributed by atoms with van der Waals surface area (Å²) in [6.07, 6.45) is 5.12. The molecule has 1 unspecified atom stereocenters. The highest BCUT2D eigenvalue weighted by Crippen LogP contribution is 2.18. The van der Waals surface area contributed by atoms with Crippen molar-refractivity contribution < 1.29 is 0 Å². The smallest absolute Gasteiger partial charge is 0.115 e. The van der Waals surface area contributed by atoms with E-state index < -0.39 is 0 Å². The molecule has 1 N–H and O–H groups in total. The van der Waals surface area contributed by atoms with Crippen LogP contribution in [0.1, 0.15) is 24.4 Å². The maximum atomic E-state index is 4.27. The number of aryl methyl sites for hydroxylation is 1. The third-order valence-electron chi connectivity index (χ3n) is 2.53. The van der Waals surface area contributed by atoms with Crippen LogP contribution in [-0.2, 0) is 6.54 Å². The highest BCUT2D eigenvalue weighted by molar-refractivity contribution is 5.20. The van der Waals surface area contributed by atoms with Crippen molar-refractivity contribution >= 4 is 0 Å². The Morgan fingerprint density at radius 2 is 2.25 bits per heavy atom. The lowest BCUT2D eigenvalue weighted by Crippen LogP contribution is -2.22. The predicted molar refractivity (Wildman–Crippen MR) is 60.8 cm³/mol. The second kappa shape index (κ2) is 4.85. The summed E-state index contributed by atoms with van der Waals surface area (Å²) in [5, 5.41) is 7.51. The van der Waals surface area contributed by atoms with Crippen LogP contribution in [0.15, 0.2) is 30.9 Å². The second-order valence-corrected chi connectivity index (χ2v) is 3.43. The van der Waals surface area contributed by atoms with Crippen molar-refractivity contribution in [3.05, 3.63) is 42.2 Å². The zero-order valence-electron chi connectivity index (χ0n) is 9.46. The fourth-order valence-electron chi connectivity index (χ4n) is 1.77. The molecule has 2 aromatic heterocycles. The van der Waals surface area contributed by atoms with Crippen molar-refractivity contribution in [2.45, 2.75) is 19.5 Å². The Morgan fingerprint density at radius 3 is 2.88 bits per heavy atom. The molecule has 5 nitrogen and oxygen atoms in total. The molecule has 16 heavy (non-hydrogen) atoms. The van der Waals surface area contributed by atoms with Crippen molar-refractivity contribution in [1.29, 1.82) is 0 Å². The van der Waals surface area contributed by atoms with Crippen LogP contribution >= 0.6 is 0 Å². The average Bonchev–Trinajstić information content (AvgIpc) is 2.80. The lowest BCUT2D eigenvalue weighted by Gasteiger charge is -2.16. The molecule has 0 radical (unpaired) electrons. The van der Waals surface area contributed by atoms with Crippen molar-refractivity contribution in [2.75, 3.05) is 7.05 Å². The Balaban J connectivity index is 2.37. The van der Waals surface area contributed by atoms with Gasteiger partial charge in [-0.2, -0.15) is 5.10 Å². The second-order valence-electron chi connectivity index (χ2n) is 3.43. The Morgan fingerprint density at radius 1 is 1.38 bits per heavy atom. The molecule has 0 saturated heterocycles. The van der Waals surface area contributed by atoms with E-state index in [0.29, 0.717) is 0 Å². The summed E-state index contributed by atoms with van der Waals surface area (Å²) in [5.74, 6) is 0. The third kappa shape index (κ3) is 1.94. The topological polar surface area (TPSA) is 55.6 Å². The maximum Gasteiger partial charge on any atom is 0.115 e. The molecule has 5 heteroatoms. The van der Waals surface area contributed by atoms with Crippen molar-refractivity contribution in [1.82, 2.24) is 25.1 Å². The lowest BCUT2D eigenvalue weighted by molar-refractivity contribution is 0.555. The van der Waals surface area contributed by atoms with Gasteiger partial charge in [0.2, 0.25) is 0 Å². The number of nitrogens with zero attached hydrogens (tertiary/aromatic N) is 4. The largest absolute Gasteiger partial charge is 0.307 e. The molecule has 2 rings (SSSR count). The first-order valence-electron chi connectivity index (χ1n) is 5.31. The van der Waals surface area contributed by atoms with Crippen LogP contribution in [0, 0.1) is 0 Å². The van der Waals surface area contributed by atoms with Gasteiger partial charge in [0, 0.05) is 18.9 Å². The first-order chi connectivity index (χ1) is 7.86. The molecule has 0 aliphatic rings. The van der Waals surface area contributed by atoms with Crippen molar-refractivity contribution in [3.63, 3.8) is 0 Å².